The number of hydrogen-bond donors (Lipinski definition) is 1. The third kappa shape index (κ3) is 1.63. The first-order valence-electron chi connectivity index (χ1n) is 5.74. The minimum Gasteiger partial charge on any atom is -0.491 e. The average molecular weight is 203 g/mol. The highest BCUT2D eigenvalue weighted by Crippen LogP contribution is 2.36. The van der Waals surface area contributed by atoms with Crippen LogP contribution in [0.3, 0.4) is 0 Å². The monoisotopic (exact) mass is 203 g/mol. The van der Waals surface area contributed by atoms with Crippen molar-refractivity contribution in [1.29, 1.82) is 0 Å². The van der Waals surface area contributed by atoms with E-state index in [1.54, 1.807) is 0 Å². The topological polar surface area (TPSA) is 21.3 Å². The summed E-state index contributed by atoms with van der Waals surface area (Å²) in [7, 11) is 0. The van der Waals surface area contributed by atoms with Gasteiger partial charge in [0.1, 0.15) is 12.4 Å². The molecule has 0 aromatic heterocycles. The summed E-state index contributed by atoms with van der Waals surface area (Å²) in [6.07, 6.45) is 2.66. The molecule has 2 heteroatoms. The summed E-state index contributed by atoms with van der Waals surface area (Å²) >= 11 is 0. The number of benzene rings is 1. The molecule has 1 heterocycles. The molecule has 0 bridgehead atoms. The highest BCUT2D eigenvalue weighted by Gasteiger charge is 2.30. The molecule has 1 aliphatic heterocycles. The Bertz CT molecular complexity index is 396. The maximum absolute atomic E-state index is 5.71. The summed E-state index contributed by atoms with van der Waals surface area (Å²) in [5, 5.41) is 3.63. The molecule has 1 aromatic rings. The predicted molar refractivity (Wildman–Crippen MR) is 60.3 cm³/mol. The molecule has 2 aliphatic rings. The first-order valence-corrected chi connectivity index (χ1v) is 5.74. The highest BCUT2D eigenvalue weighted by atomic mass is 16.5. The minimum atomic E-state index is 0.423. The summed E-state index contributed by atoms with van der Waals surface area (Å²) in [5.74, 6) is 1.08. The van der Waals surface area contributed by atoms with E-state index in [4.69, 9.17) is 4.74 Å². The lowest BCUT2D eigenvalue weighted by atomic mass is 10.0. The molecule has 1 aliphatic carbocycles. The molecule has 1 N–H and O–H groups in total. The molecular formula is C13H17NO. The van der Waals surface area contributed by atoms with Crippen molar-refractivity contribution in [2.45, 2.75) is 38.8 Å². The Kier molecular flexibility index (Phi) is 1.99. The molecule has 0 amide bonds. The molecule has 80 valence electrons. The number of aryl methyl sites for hydroxylation is 2. The first-order chi connectivity index (χ1) is 7.24. The van der Waals surface area contributed by atoms with Gasteiger partial charge in [0.25, 0.3) is 0 Å². The molecular weight excluding hydrogens is 186 g/mol. The van der Waals surface area contributed by atoms with E-state index in [1.165, 1.54) is 29.5 Å². The van der Waals surface area contributed by atoms with E-state index < -0.39 is 0 Å². The number of ether oxygens (including phenoxy) is 1. The van der Waals surface area contributed by atoms with Crippen LogP contribution in [0.25, 0.3) is 0 Å². The molecule has 0 spiro atoms. The third-order valence-corrected chi connectivity index (χ3v) is 3.42. The van der Waals surface area contributed by atoms with Gasteiger partial charge in [0, 0.05) is 11.6 Å². The van der Waals surface area contributed by atoms with Gasteiger partial charge in [-0.25, -0.2) is 0 Å². The van der Waals surface area contributed by atoms with Crippen LogP contribution in [-0.2, 0) is 0 Å². The standard InChI is InChI=1S/C13H17NO/c1-8-5-11-12(14-10-3-4-10)7-15-13(11)6-9(8)2/h5-6,10,12,14H,3-4,7H2,1-2H3. The minimum absolute atomic E-state index is 0.423. The normalized spacial score (nSPS) is 23.7. The fourth-order valence-corrected chi connectivity index (χ4v) is 2.14. The van der Waals surface area contributed by atoms with E-state index in [-0.39, 0.29) is 0 Å². The van der Waals surface area contributed by atoms with Crippen LogP contribution in [0, 0.1) is 13.8 Å². The Hall–Kier alpha value is -1.02. The quantitative estimate of drug-likeness (QED) is 0.797. The number of nitrogens with one attached hydrogen (secondary N) is 1. The molecule has 1 saturated carbocycles. The van der Waals surface area contributed by atoms with Gasteiger partial charge >= 0.3 is 0 Å². The van der Waals surface area contributed by atoms with E-state index >= 15 is 0 Å². The molecule has 1 fully saturated rings. The SMILES string of the molecule is Cc1cc2c(cc1C)C(NC1CC1)CO2. The van der Waals surface area contributed by atoms with Gasteiger partial charge in [-0.05, 0) is 43.9 Å². The summed E-state index contributed by atoms with van der Waals surface area (Å²) < 4.78 is 5.71. The van der Waals surface area contributed by atoms with E-state index in [0.717, 1.165) is 18.4 Å². The number of rotatable bonds is 2. The molecule has 0 saturated heterocycles. The van der Waals surface area contributed by atoms with Crippen LogP contribution in [0.4, 0.5) is 0 Å². The van der Waals surface area contributed by atoms with Gasteiger partial charge in [-0.3, -0.25) is 0 Å². The summed E-state index contributed by atoms with van der Waals surface area (Å²) in [6.45, 7) is 5.11. The Balaban J connectivity index is 1.90. The maximum Gasteiger partial charge on any atom is 0.124 e. The Morgan fingerprint density at radius 3 is 2.67 bits per heavy atom. The van der Waals surface area contributed by atoms with Crippen LogP contribution in [0.1, 0.15) is 35.6 Å². The lowest BCUT2D eigenvalue weighted by Crippen LogP contribution is -2.24. The third-order valence-electron chi connectivity index (χ3n) is 3.42. The zero-order chi connectivity index (χ0) is 10.4. The predicted octanol–water partition coefficient (Wildman–Crippen LogP) is 2.49. The van der Waals surface area contributed by atoms with Gasteiger partial charge in [0.2, 0.25) is 0 Å². The van der Waals surface area contributed by atoms with Crippen LogP contribution in [0.2, 0.25) is 0 Å². The Morgan fingerprint density at radius 1 is 1.20 bits per heavy atom. The van der Waals surface area contributed by atoms with Crippen molar-refractivity contribution in [3.05, 3.63) is 28.8 Å². The Morgan fingerprint density at radius 2 is 1.93 bits per heavy atom. The largest absolute Gasteiger partial charge is 0.491 e. The van der Waals surface area contributed by atoms with Crippen LogP contribution in [0.15, 0.2) is 12.1 Å². The molecule has 3 rings (SSSR count). The van der Waals surface area contributed by atoms with E-state index in [2.05, 4.69) is 31.3 Å². The molecule has 0 radical (unpaired) electrons. The van der Waals surface area contributed by atoms with Gasteiger partial charge in [0.05, 0.1) is 6.04 Å². The average Bonchev–Trinajstić information content (AvgIpc) is 2.94. The molecule has 1 atom stereocenters. The van der Waals surface area contributed by atoms with Gasteiger partial charge in [-0.15, -0.1) is 0 Å². The lowest BCUT2D eigenvalue weighted by Gasteiger charge is -2.11. The van der Waals surface area contributed by atoms with Crippen LogP contribution in [0.5, 0.6) is 5.75 Å². The summed E-state index contributed by atoms with van der Waals surface area (Å²) in [6, 6.07) is 5.61. The molecule has 15 heavy (non-hydrogen) atoms. The van der Waals surface area contributed by atoms with E-state index in [9.17, 15) is 0 Å². The summed E-state index contributed by atoms with van der Waals surface area (Å²) in [5.41, 5.74) is 4.03. The van der Waals surface area contributed by atoms with E-state index in [0.29, 0.717) is 6.04 Å². The van der Waals surface area contributed by atoms with Crippen molar-refractivity contribution in [2.75, 3.05) is 6.61 Å². The fraction of sp³-hybridized carbons (Fsp3) is 0.538. The van der Waals surface area contributed by atoms with Crippen molar-refractivity contribution >= 4 is 0 Å². The first kappa shape index (κ1) is 9.22. The smallest absolute Gasteiger partial charge is 0.124 e. The van der Waals surface area contributed by atoms with Gasteiger partial charge in [-0.1, -0.05) is 6.07 Å². The highest BCUT2D eigenvalue weighted by molar-refractivity contribution is 5.45. The lowest BCUT2D eigenvalue weighted by molar-refractivity contribution is 0.310. The van der Waals surface area contributed by atoms with Crippen molar-refractivity contribution in [3.63, 3.8) is 0 Å². The van der Waals surface area contributed by atoms with Crippen molar-refractivity contribution in [2.24, 2.45) is 0 Å². The van der Waals surface area contributed by atoms with Crippen LogP contribution in [-0.4, -0.2) is 12.6 Å². The molecule has 1 aromatic carbocycles. The van der Waals surface area contributed by atoms with Crippen LogP contribution < -0.4 is 10.1 Å². The molecule has 2 nitrogen and oxygen atoms in total. The van der Waals surface area contributed by atoms with Crippen molar-refractivity contribution in [3.8, 4) is 5.75 Å². The second-order valence-corrected chi connectivity index (χ2v) is 4.78. The zero-order valence-electron chi connectivity index (χ0n) is 9.34. The summed E-state index contributed by atoms with van der Waals surface area (Å²) in [4.78, 5) is 0. The van der Waals surface area contributed by atoms with Gasteiger partial charge < -0.3 is 10.1 Å². The van der Waals surface area contributed by atoms with Crippen molar-refractivity contribution in [1.82, 2.24) is 5.32 Å². The Labute approximate surface area is 90.6 Å². The second kappa shape index (κ2) is 3.24. The molecule has 1 unspecified atom stereocenters. The number of fused-ring (bicyclic) bond motifs is 1. The number of hydrogen-bond acceptors (Lipinski definition) is 2. The van der Waals surface area contributed by atoms with Crippen molar-refractivity contribution < 1.29 is 4.74 Å². The van der Waals surface area contributed by atoms with Gasteiger partial charge in [-0.2, -0.15) is 0 Å². The fourth-order valence-electron chi connectivity index (χ4n) is 2.14. The van der Waals surface area contributed by atoms with E-state index in [1.807, 2.05) is 0 Å². The van der Waals surface area contributed by atoms with Gasteiger partial charge in [0.15, 0.2) is 0 Å². The van der Waals surface area contributed by atoms with Crippen LogP contribution >= 0.6 is 0 Å². The maximum atomic E-state index is 5.71. The second-order valence-electron chi connectivity index (χ2n) is 4.78. The zero-order valence-corrected chi connectivity index (χ0v) is 9.34.